The van der Waals surface area contributed by atoms with E-state index in [0.29, 0.717) is 5.56 Å². The predicted molar refractivity (Wildman–Crippen MR) is 129 cm³/mol. The number of aryl methyl sites for hydroxylation is 1. The second-order valence-corrected chi connectivity index (χ2v) is 9.11. The summed E-state index contributed by atoms with van der Waals surface area (Å²) in [5.74, 6) is -5.03. The van der Waals surface area contributed by atoms with E-state index in [1.54, 1.807) is 25.1 Å². The molecule has 0 fully saturated rings. The second-order valence-electron chi connectivity index (χ2n) is 8.25. The molecule has 0 aliphatic heterocycles. The van der Waals surface area contributed by atoms with E-state index in [0.717, 1.165) is 18.2 Å². The highest BCUT2D eigenvalue weighted by molar-refractivity contribution is 9.10. The summed E-state index contributed by atoms with van der Waals surface area (Å²) in [7, 11) is 0. The first-order chi connectivity index (χ1) is 18.9. The van der Waals surface area contributed by atoms with Gasteiger partial charge in [0.2, 0.25) is 0 Å². The number of hydrogen-bond acceptors (Lipinski definition) is 3. The molecule has 0 aromatic heterocycles. The van der Waals surface area contributed by atoms with Crippen LogP contribution < -0.4 is 15.4 Å². The fraction of sp³-hybridized carbons (Fsp3) is 0.200. The fourth-order valence-electron chi connectivity index (χ4n) is 3.58. The number of alkyl halides is 9. The lowest BCUT2D eigenvalue weighted by Gasteiger charge is -2.31. The van der Waals surface area contributed by atoms with Crippen molar-refractivity contribution in [1.29, 1.82) is 0 Å². The van der Waals surface area contributed by atoms with E-state index in [4.69, 9.17) is 0 Å². The van der Waals surface area contributed by atoms with Gasteiger partial charge in [0.1, 0.15) is 0 Å². The van der Waals surface area contributed by atoms with Gasteiger partial charge in [-0.15, -0.1) is 0 Å². The van der Waals surface area contributed by atoms with Crippen LogP contribution in [0.5, 0.6) is 5.75 Å². The zero-order chi connectivity index (χ0) is 30.9. The molecule has 41 heavy (non-hydrogen) atoms. The average Bonchev–Trinajstić information content (AvgIpc) is 2.85. The Balaban J connectivity index is 2.02. The molecular formula is C25H15BrF10N2O3. The molecule has 3 aromatic rings. The summed E-state index contributed by atoms with van der Waals surface area (Å²) in [6, 6.07) is 8.94. The number of nitrogens with one attached hydrogen (secondary N) is 2. The molecule has 0 aliphatic carbocycles. The number of halogens is 11. The van der Waals surface area contributed by atoms with Crippen LogP contribution in [0.15, 0.2) is 59.1 Å². The molecule has 0 spiro atoms. The first-order valence-corrected chi connectivity index (χ1v) is 11.8. The van der Waals surface area contributed by atoms with E-state index in [9.17, 15) is 49.1 Å². The van der Waals surface area contributed by atoms with Crippen LogP contribution in [-0.2, 0) is 5.67 Å². The number of ether oxygens (including phenoxy) is 1. The lowest BCUT2D eigenvalue weighted by atomic mass is 9.93. The summed E-state index contributed by atoms with van der Waals surface area (Å²) in [4.78, 5) is 25.4. The van der Waals surface area contributed by atoms with E-state index in [2.05, 4.69) is 26.0 Å². The summed E-state index contributed by atoms with van der Waals surface area (Å²) >= 11 is 2.52. The molecule has 3 aromatic carbocycles. The Hall–Kier alpha value is -3.82. The maximum Gasteiger partial charge on any atom is 0.435 e. The molecule has 2 amide bonds. The van der Waals surface area contributed by atoms with E-state index in [1.807, 2.05) is 5.32 Å². The van der Waals surface area contributed by atoms with Gasteiger partial charge in [0.25, 0.3) is 11.8 Å². The zero-order valence-corrected chi connectivity index (χ0v) is 21.7. The van der Waals surface area contributed by atoms with Crippen LogP contribution in [0.1, 0.15) is 31.8 Å². The summed E-state index contributed by atoms with van der Waals surface area (Å²) in [5, 5.41) is 4.08. The van der Waals surface area contributed by atoms with Crippen LogP contribution in [0.3, 0.4) is 0 Å². The van der Waals surface area contributed by atoms with E-state index in [-0.39, 0.29) is 17.7 Å². The van der Waals surface area contributed by atoms with Crippen LogP contribution in [0.4, 0.5) is 55.3 Å². The van der Waals surface area contributed by atoms with Crippen LogP contribution in [0.25, 0.3) is 0 Å². The minimum atomic E-state index is -6.58. The van der Waals surface area contributed by atoms with Gasteiger partial charge in [0.15, 0.2) is 11.6 Å². The van der Waals surface area contributed by atoms with Crippen LogP contribution >= 0.6 is 15.9 Å². The molecule has 0 atom stereocenters. The van der Waals surface area contributed by atoms with Gasteiger partial charge in [0, 0.05) is 15.6 Å². The third-order valence-corrected chi connectivity index (χ3v) is 6.19. The number of carbonyl (C=O) groups is 2. The standard InChI is InChI=1S/C25H15BrF10N2O3/c1-11-5-2-3-6-13(11)20(39)37-16-8-4-7-14(18(16)27)21(40)38-19-15(26)9-12(10-17(19)41-22(28)29)23(30,24(31,32)33)25(34,35)36/h2-10,22H,1H3,(H,37,39)(H,38,40). The second kappa shape index (κ2) is 11.6. The highest BCUT2D eigenvalue weighted by atomic mass is 79.9. The van der Waals surface area contributed by atoms with Gasteiger partial charge in [-0.25, -0.2) is 8.78 Å². The SMILES string of the molecule is Cc1ccccc1C(=O)Nc1cccc(C(=O)Nc2c(Br)cc(C(F)(C(F)(F)F)C(F)(F)F)cc2OC(F)F)c1F. The highest BCUT2D eigenvalue weighted by Crippen LogP contribution is 2.55. The molecular weight excluding hydrogens is 646 g/mol. The Kier molecular flexibility index (Phi) is 8.96. The normalized spacial score (nSPS) is 12.3. The van der Waals surface area contributed by atoms with E-state index in [1.165, 1.54) is 6.07 Å². The molecule has 16 heteroatoms. The van der Waals surface area contributed by atoms with Crippen molar-refractivity contribution >= 4 is 39.1 Å². The first kappa shape index (κ1) is 31.7. The topological polar surface area (TPSA) is 67.4 Å². The van der Waals surface area contributed by atoms with E-state index >= 15 is 4.39 Å². The molecule has 0 bridgehead atoms. The molecule has 2 N–H and O–H groups in total. The van der Waals surface area contributed by atoms with Gasteiger partial charge >= 0.3 is 24.6 Å². The maximum absolute atomic E-state index is 15.2. The molecule has 3 rings (SSSR count). The minimum Gasteiger partial charge on any atom is -0.433 e. The quantitative estimate of drug-likeness (QED) is 0.251. The van der Waals surface area contributed by atoms with Crippen molar-refractivity contribution in [2.24, 2.45) is 0 Å². The molecule has 0 heterocycles. The predicted octanol–water partition coefficient (Wildman–Crippen LogP) is 8.29. The first-order valence-electron chi connectivity index (χ1n) is 11.0. The number of rotatable bonds is 7. The lowest BCUT2D eigenvalue weighted by Crippen LogP contribution is -2.50. The summed E-state index contributed by atoms with van der Waals surface area (Å²) in [6.07, 6.45) is -13.2. The minimum absolute atomic E-state index is 0.0515. The average molecular weight is 661 g/mol. The lowest BCUT2D eigenvalue weighted by molar-refractivity contribution is -0.348. The third kappa shape index (κ3) is 6.41. The maximum atomic E-state index is 15.2. The number of benzene rings is 3. The van der Waals surface area contributed by atoms with Crippen molar-refractivity contribution in [3.8, 4) is 5.75 Å². The molecule has 0 radical (unpaired) electrons. The van der Waals surface area contributed by atoms with Crippen molar-refractivity contribution in [2.75, 3.05) is 10.6 Å². The zero-order valence-electron chi connectivity index (χ0n) is 20.2. The number of anilines is 2. The van der Waals surface area contributed by atoms with Gasteiger partial charge in [-0.1, -0.05) is 24.3 Å². The summed E-state index contributed by atoms with van der Waals surface area (Å²) in [6.45, 7) is -2.25. The van der Waals surface area contributed by atoms with Gasteiger partial charge in [-0.3, -0.25) is 9.59 Å². The number of hydrogen-bond donors (Lipinski definition) is 2. The van der Waals surface area contributed by atoms with Gasteiger partial charge < -0.3 is 15.4 Å². The third-order valence-electron chi connectivity index (χ3n) is 5.57. The number of amides is 2. The largest absolute Gasteiger partial charge is 0.435 e. The number of carbonyl (C=O) groups excluding carboxylic acids is 2. The van der Waals surface area contributed by atoms with Crippen LogP contribution in [-0.4, -0.2) is 30.8 Å². The Bertz CT molecular complexity index is 1460. The Labute approximate surface area is 232 Å². The molecule has 0 saturated carbocycles. The Morgan fingerprint density at radius 3 is 1.95 bits per heavy atom. The summed E-state index contributed by atoms with van der Waals surface area (Å²) in [5.41, 5.74) is -9.79. The van der Waals surface area contributed by atoms with Crippen molar-refractivity contribution < 1.29 is 58.2 Å². The van der Waals surface area contributed by atoms with Crippen molar-refractivity contribution in [3.63, 3.8) is 0 Å². The van der Waals surface area contributed by atoms with Crippen LogP contribution in [0, 0.1) is 12.7 Å². The van der Waals surface area contributed by atoms with Crippen LogP contribution in [0.2, 0.25) is 0 Å². The van der Waals surface area contributed by atoms with E-state index < -0.39 is 75.0 Å². The van der Waals surface area contributed by atoms with Gasteiger partial charge in [-0.05, 0) is 58.7 Å². The summed E-state index contributed by atoms with van der Waals surface area (Å²) < 4.78 is 138. The van der Waals surface area contributed by atoms with Gasteiger partial charge in [0.05, 0.1) is 16.9 Å². The van der Waals surface area contributed by atoms with Crippen molar-refractivity contribution in [2.45, 2.75) is 31.6 Å². The Morgan fingerprint density at radius 1 is 0.829 bits per heavy atom. The van der Waals surface area contributed by atoms with Crippen molar-refractivity contribution in [3.05, 3.63) is 87.1 Å². The molecule has 0 aliphatic rings. The smallest absolute Gasteiger partial charge is 0.433 e. The monoisotopic (exact) mass is 660 g/mol. The van der Waals surface area contributed by atoms with Gasteiger partial charge in [-0.2, -0.15) is 35.1 Å². The Morgan fingerprint density at radius 2 is 1.39 bits per heavy atom. The highest BCUT2D eigenvalue weighted by Gasteiger charge is 2.73. The molecule has 0 unspecified atom stereocenters. The molecule has 220 valence electrons. The fourth-order valence-corrected chi connectivity index (χ4v) is 4.12. The molecule has 5 nitrogen and oxygen atoms in total. The van der Waals surface area contributed by atoms with Crippen molar-refractivity contribution in [1.82, 2.24) is 0 Å². The molecule has 0 saturated heterocycles.